The first-order chi connectivity index (χ1) is 11.8. The van der Waals surface area contributed by atoms with Gasteiger partial charge in [0.1, 0.15) is 11.9 Å². The SMILES string of the molecule is Ic1ccccc1C1=N[C@@H](c2ccccc2)[C@H](c2ccccc2)N1. The third-order valence-corrected chi connectivity index (χ3v) is 5.25. The van der Waals surface area contributed by atoms with Crippen LogP contribution in [0.3, 0.4) is 0 Å². The van der Waals surface area contributed by atoms with E-state index in [2.05, 4.69) is 107 Å². The second-order valence-corrected chi connectivity index (χ2v) is 7.01. The number of aliphatic imine (C=N–C) groups is 1. The van der Waals surface area contributed by atoms with Crippen molar-refractivity contribution in [1.29, 1.82) is 0 Å². The van der Waals surface area contributed by atoms with Gasteiger partial charge in [-0.25, -0.2) is 0 Å². The molecule has 0 unspecified atom stereocenters. The van der Waals surface area contributed by atoms with Crippen molar-refractivity contribution >= 4 is 28.4 Å². The highest BCUT2D eigenvalue weighted by Gasteiger charge is 2.31. The maximum Gasteiger partial charge on any atom is 0.130 e. The van der Waals surface area contributed by atoms with E-state index in [-0.39, 0.29) is 12.1 Å². The lowest BCUT2D eigenvalue weighted by molar-refractivity contribution is 0.572. The van der Waals surface area contributed by atoms with Gasteiger partial charge in [-0.3, -0.25) is 4.99 Å². The van der Waals surface area contributed by atoms with Crippen LogP contribution in [0.4, 0.5) is 0 Å². The molecule has 1 N–H and O–H groups in total. The van der Waals surface area contributed by atoms with E-state index in [1.165, 1.54) is 14.7 Å². The zero-order chi connectivity index (χ0) is 16.4. The van der Waals surface area contributed by atoms with Gasteiger partial charge in [-0.15, -0.1) is 0 Å². The van der Waals surface area contributed by atoms with Crippen LogP contribution in [0.15, 0.2) is 89.9 Å². The molecular formula is C21H17IN2. The lowest BCUT2D eigenvalue weighted by Crippen LogP contribution is -2.25. The van der Waals surface area contributed by atoms with Crippen LogP contribution < -0.4 is 5.32 Å². The van der Waals surface area contributed by atoms with Crippen LogP contribution in [-0.2, 0) is 0 Å². The number of hydrogen-bond acceptors (Lipinski definition) is 2. The van der Waals surface area contributed by atoms with Crippen molar-refractivity contribution in [2.24, 2.45) is 4.99 Å². The molecule has 1 aliphatic heterocycles. The van der Waals surface area contributed by atoms with E-state index in [4.69, 9.17) is 4.99 Å². The first kappa shape index (κ1) is 15.4. The van der Waals surface area contributed by atoms with E-state index in [1.54, 1.807) is 0 Å². The quantitative estimate of drug-likeness (QED) is 0.580. The van der Waals surface area contributed by atoms with Crippen LogP contribution in [0.25, 0.3) is 0 Å². The minimum absolute atomic E-state index is 0.0830. The Morgan fingerprint density at radius 2 is 1.29 bits per heavy atom. The molecule has 24 heavy (non-hydrogen) atoms. The Morgan fingerprint density at radius 3 is 1.96 bits per heavy atom. The Balaban J connectivity index is 1.77. The molecule has 0 saturated heterocycles. The van der Waals surface area contributed by atoms with E-state index in [1.807, 2.05) is 6.07 Å². The summed E-state index contributed by atoms with van der Waals surface area (Å²) >= 11 is 2.37. The first-order valence-corrected chi connectivity index (χ1v) is 9.10. The Labute approximate surface area is 155 Å². The number of nitrogens with one attached hydrogen (secondary N) is 1. The van der Waals surface area contributed by atoms with Crippen molar-refractivity contribution in [3.05, 3.63) is 105 Å². The highest BCUT2D eigenvalue weighted by molar-refractivity contribution is 14.1. The molecule has 118 valence electrons. The minimum atomic E-state index is 0.0830. The number of rotatable bonds is 3. The molecule has 0 saturated carbocycles. The summed E-state index contributed by atoms with van der Waals surface area (Å²) in [6.07, 6.45) is 0. The third-order valence-electron chi connectivity index (χ3n) is 4.30. The number of nitrogens with zero attached hydrogens (tertiary/aromatic N) is 1. The van der Waals surface area contributed by atoms with Gasteiger partial charge in [0.25, 0.3) is 0 Å². The number of amidine groups is 1. The van der Waals surface area contributed by atoms with Crippen molar-refractivity contribution < 1.29 is 0 Å². The molecule has 0 spiro atoms. The van der Waals surface area contributed by atoms with E-state index in [9.17, 15) is 0 Å². The molecule has 0 aliphatic carbocycles. The average Bonchev–Trinajstić information content (AvgIpc) is 3.09. The zero-order valence-electron chi connectivity index (χ0n) is 13.1. The van der Waals surface area contributed by atoms with Crippen molar-refractivity contribution in [3.8, 4) is 0 Å². The van der Waals surface area contributed by atoms with E-state index in [0.29, 0.717) is 0 Å². The van der Waals surface area contributed by atoms with Gasteiger partial charge >= 0.3 is 0 Å². The summed E-state index contributed by atoms with van der Waals surface area (Å²) in [5.41, 5.74) is 3.66. The van der Waals surface area contributed by atoms with Crippen molar-refractivity contribution in [2.75, 3.05) is 0 Å². The molecule has 0 aromatic heterocycles. The minimum Gasteiger partial charge on any atom is -0.360 e. The largest absolute Gasteiger partial charge is 0.360 e. The predicted octanol–water partition coefficient (Wildman–Crippen LogP) is 5.12. The second-order valence-electron chi connectivity index (χ2n) is 5.85. The molecule has 3 heteroatoms. The van der Waals surface area contributed by atoms with Gasteiger partial charge in [-0.05, 0) is 39.8 Å². The molecule has 0 fully saturated rings. The Kier molecular flexibility index (Phi) is 4.34. The van der Waals surface area contributed by atoms with E-state index in [0.717, 1.165) is 11.4 Å². The fourth-order valence-corrected chi connectivity index (χ4v) is 3.76. The normalized spacial score (nSPS) is 19.6. The monoisotopic (exact) mass is 424 g/mol. The summed E-state index contributed by atoms with van der Waals surface area (Å²) in [7, 11) is 0. The standard InChI is InChI=1S/C21H17IN2/c22-18-14-8-7-13-17(18)21-23-19(15-9-3-1-4-10-15)20(24-21)16-11-5-2-6-12-16/h1-14,19-20H,(H,23,24)/t19-,20-/m0/s1. The fourth-order valence-electron chi connectivity index (χ4n) is 3.12. The summed E-state index contributed by atoms with van der Waals surface area (Å²) in [4.78, 5) is 5.05. The molecule has 3 aromatic rings. The number of benzene rings is 3. The molecular weight excluding hydrogens is 407 g/mol. The Morgan fingerprint density at radius 1 is 0.708 bits per heavy atom. The number of hydrogen-bond donors (Lipinski definition) is 1. The van der Waals surface area contributed by atoms with Gasteiger partial charge in [0.15, 0.2) is 0 Å². The molecule has 0 amide bonds. The molecule has 2 nitrogen and oxygen atoms in total. The van der Waals surface area contributed by atoms with Crippen LogP contribution in [0.2, 0.25) is 0 Å². The van der Waals surface area contributed by atoms with Gasteiger partial charge in [-0.2, -0.15) is 0 Å². The number of halogens is 1. The van der Waals surface area contributed by atoms with Gasteiger partial charge in [0.2, 0.25) is 0 Å². The Hall–Kier alpha value is -2.14. The maximum absolute atomic E-state index is 5.05. The van der Waals surface area contributed by atoms with Gasteiger partial charge in [0, 0.05) is 9.13 Å². The van der Waals surface area contributed by atoms with Gasteiger partial charge < -0.3 is 5.32 Å². The van der Waals surface area contributed by atoms with E-state index < -0.39 is 0 Å². The van der Waals surface area contributed by atoms with Gasteiger partial charge in [0.05, 0.1) is 6.04 Å². The molecule has 0 radical (unpaired) electrons. The van der Waals surface area contributed by atoms with Crippen molar-refractivity contribution in [1.82, 2.24) is 5.32 Å². The summed E-state index contributed by atoms with van der Waals surface area (Å²) in [5, 5.41) is 3.66. The summed E-state index contributed by atoms with van der Waals surface area (Å²) < 4.78 is 1.21. The van der Waals surface area contributed by atoms with Crippen LogP contribution in [0, 0.1) is 3.57 Å². The van der Waals surface area contributed by atoms with Crippen molar-refractivity contribution in [2.45, 2.75) is 12.1 Å². The first-order valence-electron chi connectivity index (χ1n) is 8.02. The van der Waals surface area contributed by atoms with Crippen molar-refractivity contribution in [3.63, 3.8) is 0 Å². The summed E-state index contributed by atoms with van der Waals surface area (Å²) in [6, 6.07) is 29.7. The lowest BCUT2D eigenvalue weighted by Gasteiger charge is -2.19. The van der Waals surface area contributed by atoms with Crippen LogP contribution in [0.5, 0.6) is 0 Å². The molecule has 3 aromatic carbocycles. The molecule has 4 rings (SSSR count). The summed E-state index contributed by atoms with van der Waals surface area (Å²) in [6.45, 7) is 0. The third kappa shape index (κ3) is 2.96. The topological polar surface area (TPSA) is 24.4 Å². The molecule has 2 atom stereocenters. The highest BCUT2D eigenvalue weighted by Crippen LogP contribution is 2.37. The predicted molar refractivity (Wildman–Crippen MR) is 107 cm³/mol. The zero-order valence-corrected chi connectivity index (χ0v) is 15.2. The smallest absolute Gasteiger partial charge is 0.130 e. The fraction of sp³-hybridized carbons (Fsp3) is 0.0952. The molecule has 1 aliphatic rings. The van der Waals surface area contributed by atoms with Crippen LogP contribution in [0.1, 0.15) is 28.8 Å². The van der Waals surface area contributed by atoms with Crippen LogP contribution in [-0.4, -0.2) is 5.84 Å². The molecule has 1 heterocycles. The summed E-state index contributed by atoms with van der Waals surface area (Å²) in [5.74, 6) is 0.975. The Bertz CT molecular complexity index is 859. The van der Waals surface area contributed by atoms with Crippen LogP contribution >= 0.6 is 22.6 Å². The average molecular weight is 424 g/mol. The van der Waals surface area contributed by atoms with E-state index >= 15 is 0 Å². The highest BCUT2D eigenvalue weighted by atomic mass is 127. The lowest BCUT2D eigenvalue weighted by atomic mass is 9.95. The van der Waals surface area contributed by atoms with Gasteiger partial charge in [-0.1, -0.05) is 78.9 Å². The second kappa shape index (κ2) is 6.77. The maximum atomic E-state index is 5.05. The molecule has 0 bridgehead atoms.